The molecule has 8 heteroatoms. The Morgan fingerprint density at radius 2 is 1.96 bits per heavy atom. The first-order valence-electron chi connectivity index (χ1n) is 8.93. The van der Waals surface area contributed by atoms with Crippen LogP contribution >= 0.6 is 0 Å². The molecule has 1 aromatic carbocycles. The Morgan fingerprint density at radius 3 is 2.63 bits per heavy atom. The van der Waals surface area contributed by atoms with E-state index in [4.69, 9.17) is 5.11 Å². The Labute approximate surface area is 157 Å². The number of nitrogens with zero attached hydrogens (tertiary/aromatic N) is 3. The molecule has 1 aliphatic rings. The van der Waals surface area contributed by atoms with Crippen molar-refractivity contribution in [2.45, 2.75) is 32.4 Å². The van der Waals surface area contributed by atoms with Gasteiger partial charge in [-0.2, -0.15) is 5.10 Å². The molecule has 1 atom stereocenters. The van der Waals surface area contributed by atoms with Crippen LogP contribution in [0.4, 0.5) is 10.6 Å². The van der Waals surface area contributed by atoms with Gasteiger partial charge >= 0.3 is 12.0 Å². The van der Waals surface area contributed by atoms with Crippen LogP contribution in [0.2, 0.25) is 0 Å². The third kappa shape index (κ3) is 5.16. The van der Waals surface area contributed by atoms with Crippen molar-refractivity contribution in [1.29, 1.82) is 0 Å². The highest BCUT2D eigenvalue weighted by molar-refractivity contribution is 5.87. The molecule has 1 fully saturated rings. The van der Waals surface area contributed by atoms with Crippen molar-refractivity contribution in [3.8, 4) is 0 Å². The minimum atomic E-state index is -0.965. The number of rotatable bonds is 5. The molecule has 0 radical (unpaired) electrons. The third-order valence-electron chi connectivity index (χ3n) is 4.52. The summed E-state index contributed by atoms with van der Waals surface area (Å²) in [5.41, 5.74) is 1.95. The van der Waals surface area contributed by atoms with Crippen LogP contribution in [0, 0.1) is 6.92 Å². The van der Waals surface area contributed by atoms with Crippen LogP contribution in [0.15, 0.2) is 36.4 Å². The Hall–Kier alpha value is -3.16. The summed E-state index contributed by atoms with van der Waals surface area (Å²) in [5.74, 6) is -0.140. The molecule has 2 aromatic rings. The quantitative estimate of drug-likeness (QED) is 0.744. The van der Waals surface area contributed by atoms with Crippen LogP contribution in [-0.4, -0.2) is 46.4 Å². The highest BCUT2D eigenvalue weighted by Gasteiger charge is 2.22. The molecular formula is C19H23N5O3. The van der Waals surface area contributed by atoms with Gasteiger partial charge < -0.3 is 20.6 Å². The molecule has 1 aliphatic heterocycles. The van der Waals surface area contributed by atoms with E-state index in [9.17, 15) is 9.59 Å². The predicted molar refractivity (Wildman–Crippen MR) is 101 cm³/mol. The smallest absolute Gasteiger partial charge is 0.335 e. The van der Waals surface area contributed by atoms with E-state index in [0.29, 0.717) is 13.1 Å². The van der Waals surface area contributed by atoms with Gasteiger partial charge in [-0.25, -0.2) is 9.59 Å². The van der Waals surface area contributed by atoms with E-state index in [2.05, 4.69) is 25.7 Å². The maximum atomic E-state index is 12.2. The van der Waals surface area contributed by atoms with Crippen molar-refractivity contribution in [2.75, 3.05) is 18.0 Å². The van der Waals surface area contributed by atoms with E-state index in [1.807, 2.05) is 19.1 Å². The number of benzene rings is 1. The molecule has 3 rings (SSSR count). The molecule has 8 nitrogen and oxygen atoms in total. The standard InChI is InChI=1S/C19H23N5O3/c1-13-4-9-17(23-22-13)24-10-2-3-16(12-24)21-19(27)20-11-14-5-7-15(8-6-14)18(25)26/h4-9,16H,2-3,10-12H2,1H3,(H,25,26)(H2,20,21,27). The lowest BCUT2D eigenvalue weighted by molar-refractivity contribution is 0.0697. The summed E-state index contributed by atoms with van der Waals surface area (Å²) < 4.78 is 0. The van der Waals surface area contributed by atoms with Gasteiger partial charge in [0.25, 0.3) is 0 Å². The predicted octanol–water partition coefficient (Wildman–Crippen LogP) is 1.95. The number of aromatic carboxylic acids is 1. The topological polar surface area (TPSA) is 107 Å². The van der Waals surface area contributed by atoms with Crippen molar-refractivity contribution in [3.63, 3.8) is 0 Å². The summed E-state index contributed by atoms with van der Waals surface area (Å²) in [7, 11) is 0. The number of amides is 2. The van der Waals surface area contributed by atoms with Gasteiger partial charge in [-0.05, 0) is 49.6 Å². The Morgan fingerprint density at radius 1 is 1.19 bits per heavy atom. The third-order valence-corrected chi connectivity index (χ3v) is 4.52. The number of urea groups is 1. The van der Waals surface area contributed by atoms with Gasteiger partial charge in [0, 0.05) is 25.7 Å². The average Bonchev–Trinajstić information content (AvgIpc) is 2.67. The average molecular weight is 369 g/mol. The van der Waals surface area contributed by atoms with Gasteiger partial charge in [0.05, 0.1) is 11.3 Å². The largest absolute Gasteiger partial charge is 0.478 e. The molecule has 1 aromatic heterocycles. The van der Waals surface area contributed by atoms with Crippen LogP contribution in [0.1, 0.15) is 34.5 Å². The van der Waals surface area contributed by atoms with E-state index < -0.39 is 5.97 Å². The molecular weight excluding hydrogens is 346 g/mol. The second kappa shape index (κ2) is 8.48. The van der Waals surface area contributed by atoms with E-state index in [1.165, 1.54) is 12.1 Å². The van der Waals surface area contributed by atoms with Gasteiger partial charge in [-0.1, -0.05) is 12.1 Å². The van der Waals surface area contributed by atoms with Crippen molar-refractivity contribution in [1.82, 2.24) is 20.8 Å². The summed E-state index contributed by atoms with van der Waals surface area (Å²) in [6.07, 6.45) is 1.88. The fourth-order valence-electron chi connectivity index (χ4n) is 3.05. The first-order chi connectivity index (χ1) is 13.0. The van der Waals surface area contributed by atoms with Crippen LogP contribution in [-0.2, 0) is 6.54 Å². The van der Waals surface area contributed by atoms with Crippen LogP contribution in [0.3, 0.4) is 0 Å². The zero-order valence-electron chi connectivity index (χ0n) is 15.2. The Balaban J connectivity index is 1.48. The number of aryl methyl sites for hydroxylation is 1. The van der Waals surface area contributed by atoms with E-state index >= 15 is 0 Å². The number of carbonyl (C=O) groups excluding carboxylic acids is 1. The molecule has 2 amide bonds. The number of hydrogen-bond donors (Lipinski definition) is 3. The molecule has 0 saturated carbocycles. The number of aromatic nitrogens is 2. The highest BCUT2D eigenvalue weighted by Crippen LogP contribution is 2.17. The van der Waals surface area contributed by atoms with Crippen LogP contribution in [0.5, 0.6) is 0 Å². The second-order valence-corrected chi connectivity index (χ2v) is 6.65. The summed E-state index contributed by atoms with van der Waals surface area (Å²) in [4.78, 5) is 25.2. The molecule has 27 heavy (non-hydrogen) atoms. The maximum Gasteiger partial charge on any atom is 0.335 e. The summed E-state index contributed by atoms with van der Waals surface area (Å²) in [6.45, 7) is 3.83. The first kappa shape index (κ1) is 18.6. The van der Waals surface area contributed by atoms with Gasteiger partial charge in [-0.15, -0.1) is 5.10 Å². The van der Waals surface area contributed by atoms with Crippen LogP contribution < -0.4 is 15.5 Å². The lowest BCUT2D eigenvalue weighted by atomic mass is 10.1. The van der Waals surface area contributed by atoms with Crippen LogP contribution in [0.25, 0.3) is 0 Å². The SMILES string of the molecule is Cc1ccc(N2CCCC(NC(=O)NCc3ccc(C(=O)O)cc3)C2)nn1. The fourth-order valence-corrected chi connectivity index (χ4v) is 3.05. The minimum absolute atomic E-state index is 0.0382. The normalized spacial score (nSPS) is 16.6. The molecule has 0 spiro atoms. The van der Waals surface area contributed by atoms with E-state index in [1.54, 1.807) is 12.1 Å². The number of piperidine rings is 1. The lowest BCUT2D eigenvalue weighted by Crippen LogP contribution is -2.50. The van der Waals surface area contributed by atoms with Crippen molar-refractivity contribution in [2.24, 2.45) is 0 Å². The zero-order valence-corrected chi connectivity index (χ0v) is 15.2. The Kier molecular flexibility index (Phi) is 5.85. The van der Waals surface area contributed by atoms with E-state index in [0.717, 1.165) is 36.5 Å². The minimum Gasteiger partial charge on any atom is -0.478 e. The molecule has 1 unspecified atom stereocenters. The number of carboxylic acid groups (broad SMARTS) is 1. The molecule has 142 valence electrons. The van der Waals surface area contributed by atoms with E-state index in [-0.39, 0.29) is 17.6 Å². The fraction of sp³-hybridized carbons (Fsp3) is 0.368. The summed E-state index contributed by atoms with van der Waals surface area (Å²) in [6, 6.07) is 10.1. The maximum absolute atomic E-state index is 12.2. The monoisotopic (exact) mass is 369 g/mol. The lowest BCUT2D eigenvalue weighted by Gasteiger charge is -2.33. The molecule has 3 N–H and O–H groups in total. The summed E-state index contributed by atoms with van der Waals surface area (Å²) >= 11 is 0. The number of nitrogens with one attached hydrogen (secondary N) is 2. The van der Waals surface area contributed by atoms with Gasteiger partial charge in [0.1, 0.15) is 0 Å². The Bertz CT molecular complexity index is 792. The molecule has 0 aliphatic carbocycles. The van der Waals surface area contributed by atoms with Crippen molar-refractivity contribution >= 4 is 17.8 Å². The number of carbonyl (C=O) groups is 2. The molecule has 0 bridgehead atoms. The van der Waals surface area contributed by atoms with Crippen molar-refractivity contribution in [3.05, 3.63) is 53.2 Å². The van der Waals surface area contributed by atoms with Gasteiger partial charge in [0.15, 0.2) is 5.82 Å². The van der Waals surface area contributed by atoms with Gasteiger partial charge in [0.2, 0.25) is 0 Å². The molecule has 2 heterocycles. The highest BCUT2D eigenvalue weighted by atomic mass is 16.4. The van der Waals surface area contributed by atoms with Gasteiger partial charge in [-0.3, -0.25) is 0 Å². The zero-order chi connectivity index (χ0) is 19.2. The number of carboxylic acids is 1. The second-order valence-electron chi connectivity index (χ2n) is 6.65. The number of anilines is 1. The van der Waals surface area contributed by atoms with Crippen molar-refractivity contribution < 1.29 is 14.7 Å². The first-order valence-corrected chi connectivity index (χ1v) is 8.93. The number of hydrogen-bond acceptors (Lipinski definition) is 5. The summed E-state index contributed by atoms with van der Waals surface area (Å²) in [5, 5.41) is 23.0. The molecule has 1 saturated heterocycles.